The summed E-state index contributed by atoms with van der Waals surface area (Å²) in [6.45, 7) is 0. The van der Waals surface area contributed by atoms with Crippen LogP contribution in [0.3, 0.4) is 0 Å². The van der Waals surface area contributed by atoms with Crippen molar-refractivity contribution in [2.45, 2.75) is 24.7 Å². The summed E-state index contributed by atoms with van der Waals surface area (Å²) in [6, 6.07) is 0. The summed E-state index contributed by atoms with van der Waals surface area (Å²) >= 11 is 4.38. The van der Waals surface area contributed by atoms with Crippen LogP contribution in [0.2, 0.25) is 0 Å². The summed E-state index contributed by atoms with van der Waals surface area (Å²) in [5.41, 5.74) is 0. The third kappa shape index (κ3) is 8.37. The van der Waals surface area contributed by atoms with E-state index in [0.717, 1.165) is 0 Å². The first kappa shape index (κ1) is 26.0. The Morgan fingerprint density at radius 3 is 0.885 bits per heavy atom. The molecular weight excluding hydrogens is 476 g/mol. The van der Waals surface area contributed by atoms with Gasteiger partial charge in [-0.25, -0.2) is 0 Å². The second kappa shape index (κ2) is 9.03. The van der Waals surface area contributed by atoms with Crippen LogP contribution in [0.4, 0.5) is 52.7 Å². The number of thioether (sulfide) groups is 2. The standard InChI is InChI=1S/C10H6F12S4/c11-7(12,13)3(23)5(9(17,18)19)25-1-2-26-6(10(20,21)22)4(24)8(14,15)16/h23-24H,1-2H2/b5-3-,6-4-. The summed E-state index contributed by atoms with van der Waals surface area (Å²) in [4.78, 5) is -9.05. The van der Waals surface area contributed by atoms with Crippen LogP contribution in [-0.4, -0.2) is 36.2 Å². The molecule has 0 atom stereocenters. The van der Waals surface area contributed by atoms with Gasteiger partial charge < -0.3 is 0 Å². The van der Waals surface area contributed by atoms with Gasteiger partial charge in [0.05, 0.1) is 0 Å². The van der Waals surface area contributed by atoms with Gasteiger partial charge in [-0.1, -0.05) is 0 Å². The third-order valence-corrected chi connectivity index (χ3v) is 5.84. The summed E-state index contributed by atoms with van der Waals surface area (Å²) in [5, 5.41) is 0. The Morgan fingerprint density at radius 2 is 0.731 bits per heavy atom. The summed E-state index contributed by atoms with van der Waals surface area (Å²) < 4.78 is 149. The van der Waals surface area contributed by atoms with Gasteiger partial charge in [0.25, 0.3) is 0 Å². The van der Waals surface area contributed by atoms with Crippen molar-refractivity contribution in [2.24, 2.45) is 0 Å². The van der Waals surface area contributed by atoms with Crippen molar-refractivity contribution in [3.63, 3.8) is 0 Å². The Hall–Kier alpha value is 0.0400. The zero-order valence-corrected chi connectivity index (χ0v) is 15.1. The molecule has 154 valence electrons. The molecule has 0 aliphatic rings. The molecule has 0 fully saturated rings. The first-order chi connectivity index (χ1) is 11.3. The lowest BCUT2D eigenvalue weighted by Crippen LogP contribution is -2.19. The van der Waals surface area contributed by atoms with Crippen LogP contribution in [0.15, 0.2) is 19.6 Å². The van der Waals surface area contributed by atoms with E-state index in [-0.39, 0.29) is 0 Å². The molecule has 0 radical (unpaired) electrons. The first-order valence-corrected chi connectivity index (χ1v) is 8.57. The van der Waals surface area contributed by atoms with E-state index in [1.807, 2.05) is 0 Å². The average Bonchev–Trinajstić information content (AvgIpc) is 2.36. The Kier molecular flexibility index (Phi) is 9.04. The molecule has 0 amide bonds. The fourth-order valence-electron chi connectivity index (χ4n) is 1.11. The highest BCUT2D eigenvalue weighted by molar-refractivity contribution is 8.07. The molecule has 0 nitrogen and oxygen atoms in total. The van der Waals surface area contributed by atoms with Gasteiger partial charge in [0.15, 0.2) is 0 Å². The molecule has 0 N–H and O–H groups in total. The van der Waals surface area contributed by atoms with Crippen molar-refractivity contribution in [1.29, 1.82) is 0 Å². The average molecular weight is 482 g/mol. The van der Waals surface area contributed by atoms with Gasteiger partial charge >= 0.3 is 24.7 Å². The first-order valence-electron chi connectivity index (χ1n) is 5.70. The number of allylic oxidation sites excluding steroid dienone is 4. The molecule has 0 aromatic rings. The fourth-order valence-corrected chi connectivity index (χ4v) is 3.66. The van der Waals surface area contributed by atoms with Gasteiger partial charge in [-0.2, -0.15) is 52.7 Å². The molecule has 0 bridgehead atoms. The summed E-state index contributed by atoms with van der Waals surface area (Å²) in [7, 11) is 0. The minimum absolute atomic E-state index is 0.523. The smallest absolute Gasteiger partial charge is 0.166 e. The van der Waals surface area contributed by atoms with Gasteiger partial charge in [-0.3, -0.25) is 0 Å². The predicted octanol–water partition coefficient (Wildman–Crippen LogP) is 6.98. The third-order valence-electron chi connectivity index (χ3n) is 2.06. The van der Waals surface area contributed by atoms with Crippen molar-refractivity contribution in [3.8, 4) is 0 Å². The number of rotatable bonds is 5. The Balaban J connectivity index is 5.31. The second-order valence-corrected chi connectivity index (χ2v) is 7.15. The zero-order chi connectivity index (χ0) is 21.1. The number of halogens is 12. The highest BCUT2D eigenvalue weighted by Crippen LogP contribution is 2.46. The molecule has 0 saturated carbocycles. The Morgan fingerprint density at radius 1 is 0.500 bits per heavy atom. The molecule has 16 heteroatoms. The van der Waals surface area contributed by atoms with E-state index in [0.29, 0.717) is 0 Å². The molecule has 0 aliphatic heterocycles. The SMILES string of the molecule is FC(F)(F)/C(S)=C(/SCCS/C(=C(\S)C(F)(F)F)C(F)(F)F)C(F)(F)F. The maximum Gasteiger partial charge on any atom is 0.423 e. The van der Waals surface area contributed by atoms with Crippen LogP contribution in [0.5, 0.6) is 0 Å². The largest absolute Gasteiger partial charge is 0.423 e. The topological polar surface area (TPSA) is 0 Å². The second-order valence-electron chi connectivity index (χ2n) is 4.04. The van der Waals surface area contributed by atoms with Crippen LogP contribution in [0.25, 0.3) is 0 Å². The monoisotopic (exact) mass is 482 g/mol. The van der Waals surface area contributed by atoms with Gasteiger partial charge in [-0.05, 0) is 0 Å². The molecule has 26 heavy (non-hydrogen) atoms. The zero-order valence-electron chi connectivity index (χ0n) is 11.7. The van der Waals surface area contributed by atoms with E-state index in [1.165, 1.54) is 0 Å². The predicted molar refractivity (Wildman–Crippen MR) is 81.2 cm³/mol. The van der Waals surface area contributed by atoms with E-state index in [2.05, 4.69) is 25.3 Å². The van der Waals surface area contributed by atoms with Crippen LogP contribution < -0.4 is 0 Å². The van der Waals surface area contributed by atoms with E-state index in [9.17, 15) is 52.7 Å². The van der Waals surface area contributed by atoms with Gasteiger partial charge in [-0.15, -0.1) is 48.8 Å². The van der Waals surface area contributed by atoms with Crippen molar-refractivity contribution >= 4 is 48.8 Å². The van der Waals surface area contributed by atoms with Crippen LogP contribution in [-0.2, 0) is 0 Å². The Labute approximate surface area is 157 Å². The molecule has 0 aromatic heterocycles. The number of hydrogen-bond acceptors (Lipinski definition) is 4. The van der Waals surface area contributed by atoms with E-state index < -0.39 is 79.4 Å². The lowest BCUT2D eigenvalue weighted by Gasteiger charge is -2.18. The number of alkyl halides is 12. The van der Waals surface area contributed by atoms with E-state index >= 15 is 0 Å². The summed E-state index contributed by atoms with van der Waals surface area (Å²) in [6.07, 6.45) is -21.9. The minimum atomic E-state index is -5.49. The van der Waals surface area contributed by atoms with E-state index in [1.54, 1.807) is 0 Å². The lowest BCUT2D eigenvalue weighted by molar-refractivity contribution is -0.103. The van der Waals surface area contributed by atoms with Gasteiger partial charge in [0.1, 0.15) is 19.6 Å². The van der Waals surface area contributed by atoms with Crippen molar-refractivity contribution in [3.05, 3.63) is 19.6 Å². The molecule has 0 heterocycles. The molecule has 0 aliphatic carbocycles. The maximum atomic E-state index is 12.6. The fraction of sp³-hybridized carbons (Fsp3) is 0.600. The molecule has 0 saturated heterocycles. The molecule has 0 spiro atoms. The van der Waals surface area contributed by atoms with Crippen LogP contribution in [0.1, 0.15) is 0 Å². The minimum Gasteiger partial charge on any atom is -0.166 e. The molecule has 0 unspecified atom stereocenters. The Bertz CT molecular complexity index is 498. The van der Waals surface area contributed by atoms with Crippen molar-refractivity contribution < 1.29 is 52.7 Å². The van der Waals surface area contributed by atoms with Crippen LogP contribution in [0, 0.1) is 0 Å². The van der Waals surface area contributed by atoms with Gasteiger partial charge in [0.2, 0.25) is 0 Å². The highest BCUT2D eigenvalue weighted by atomic mass is 32.2. The molecular formula is C10H6F12S4. The van der Waals surface area contributed by atoms with Gasteiger partial charge in [0, 0.05) is 11.5 Å². The van der Waals surface area contributed by atoms with Crippen molar-refractivity contribution in [1.82, 2.24) is 0 Å². The molecule has 0 rings (SSSR count). The maximum absolute atomic E-state index is 12.6. The van der Waals surface area contributed by atoms with Crippen molar-refractivity contribution in [2.75, 3.05) is 11.5 Å². The van der Waals surface area contributed by atoms with E-state index in [4.69, 9.17) is 0 Å². The normalized spacial score (nSPS) is 16.4. The number of thiol groups is 2. The highest BCUT2D eigenvalue weighted by Gasteiger charge is 2.46. The summed E-state index contributed by atoms with van der Waals surface area (Å²) in [5.74, 6) is -2.00. The molecule has 0 aromatic carbocycles. The van der Waals surface area contributed by atoms with Crippen LogP contribution >= 0.6 is 48.8 Å². The quantitative estimate of drug-likeness (QED) is 0.246. The lowest BCUT2D eigenvalue weighted by atomic mass is 10.4. The number of hydrogen-bond donors (Lipinski definition) is 2.